The molecule has 96 valence electrons. The van der Waals surface area contributed by atoms with Gasteiger partial charge >= 0.3 is 12.1 Å². The highest BCUT2D eigenvalue weighted by Gasteiger charge is 2.52. The highest BCUT2D eigenvalue weighted by atomic mass is 16.6. The van der Waals surface area contributed by atoms with Crippen molar-refractivity contribution in [2.45, 2.75) is 44.6 Å². The second-order valence-corrected chi connectivity index (χ2v) is 4.94. The summed E-state index contributed by atoms with van der Waals surface area (Å²) in [6.45, 7) is 2.52. The monoisotopic (exact) mass is 241 g/mol. The molecule has 2 aliphatic rings. The van der Waals surface area contributed by atoms with Gasteiger partial charge in [0.1, 0.15) is 5.54 Å². The highest BCUT2D eigenvalue weighted by molar-refractivity contribution is 5.85. The van der Waals surface area contributed by atoms with Gasteiger partial charge < -0.3 is 9.84 Å². The summed E-state index contributed by atoms with van der Waals surface area (Å²) in [4.78, 5) is 24.8. The van der Waals surface area contributed by atoms with E-state index >= 15 is 0 Å². The molecule has 0 radical (unpaired) electrons. The van der Waals surface area contributed by atoms with Crippen LogP contribution in [0.1, 0.15) is 39.0 Å². The molecule has 1 heterocycles. The molecule has 1 atom stereocenters. The quantitative estimate of drug-likeness (QED) is 0.815. The molecule has 5 nitrogen and oxygen atoms in total. The number of amides is 1. The Hall–Kier alpha value is -1.26. The van der Waals surface area contributed by atoms with Crippen LogP contribution in [0, 0.1) is 5.92 Å². The Morgan fingerprint density at radius 3 is 2.71 bits per heavy atom. The number of carboxylic acid groups (broad SMARTS) is 1. The molecule has 1 unspecified atom stereocenters. The zero-order valence-corrected chi connectivity index (χ0v) is 10.1. The van der Waals surface area contributed by atoms with Crippen LogP contribution >= 0.6 is 0 Å². The maximum atomic E-state index is 11.8. The summed E-state index contributed by atoms with van der Waals surface area (Å²) in [7, 11) is 0. The number of ether oxygens (including phenoxy) is 1. The Balaban J connectivity index is 2.16. The number of likely N-dealkylation sites (tertiary alicyclic amines) is 1. The SMILES string of the molecule is CCOC(=O)N1CCCC1(CC1CC1)C(=O)O. The number of hydrogen-bond acceptors (Lipinski definition) is 3. The lowest BCUT2D eigenvalue weighted by Gasteiger charge is -2.34. The first-order valence-electron chi connectivity index (χ1n) is 6.28. The van der Waals surface area contributed by atoms with Gasteiger partial charge in [-0.2, -0.15) is 0 Å². The van der Waals surface area contributed by atoms with E-state index in [0.717, 1.165) is 19.3 Å². The Labute approximate surface area is 101 Å². The number of aliphatic carboxylic acids is 1. The summed E-state index contributed by atoms with van der Waals surface area (Å²) < 4.78 is 4.96. The van der Waals surface area contributed by atoms with Crippen molar-refractivity contribution >= 4 is 12.1 Å². The van der Waals surface area contributed by atoms with Crippen molar-refractivity contribution in [3.05, 3.63) is 0 Å². The number of hydrogen-bond donors (Lipinski definition) is 1. The van der Waals surface area contributed by atoms with E-state index in [-0.39, 0.29) is 6.61 Å². The fraction of sp³-hybridized carbons (Fsp3) is 0.833. The Morgan fingerprint density at radius 1 is 1.47 bits per heavy atom. The van der Waals surface area contributed by atoms with Gasteiger partial charge in [-0.15, -0.1) is 0 Å². The topological polar surface area (TPSA) is 66.8 Å². The number of carbonyl (C=O) groups excluding carboxylic acids is 1. The van der Waals surface area contributed by atoms with Crippen LogP contribution in [0.4, 0.5) is 4.79 Å². The molecule has 2 fully saturated rings. The van der Waals surface area contributed by atoms with Crippen LogP contribution in [0.2, 0.25) is 0 Å². The summed E-state index contributed by atoms with van der Waals surface area (Å²) in [6, 6.07) is 0. The minimum absolute atomic E-state index is 0.286. The molecular weight excluding hydrogens is 222 g/mol. The normalized spacial score (nSPS) is 28.2. The number of rotatable bonds is 4. The second-order valence-electron chi connectivity index (χ2n) is 4.94. The molecule has 1 N–H and O–H groups in total. The predicted molar refractivity (Wildman–Crippen MR) is 60.7 cm³/mol. The summed E-state index contributed by atoms with van der Waals surface area (Å²) in [6.07, 6.45) is 3.58. The minimum Gasteiger partial charge on any atom is -0.479 e. The average Bonchev–Trinajstić information content (AvgIpc) is 2.95. The minimum atomic E-state index is -1.01. The number of carboxylic acids is 1. The van der Waals surface area contributed by atoms with Gasteiger partial charge in [0.25, 0.3) is 0 Å². The van der Waals surface area contributed by atoms with E-state index in [1.165, 1.54) is 4.90 Å². The molecule has 5 heteroatoms. The van der Waals surface area contributed by atoms with Crippen molar-refractivity contribution < 1.29 is 19.4 Å². The van der Waals surface area contributed by atoms with Gasteiger partial charge in [-0.25, -0.2) is 9.59 Å². The molecule has 1 aliphatic carbocycles. The lowest BCUT2D eigenvalue weighted by molar-refractivity contribution is -0.149. The van der Waals surface area contributed by atoms with Gasteiger partial charge in [0.15, 0.2) is 0 Å². The fourth-order valence-corrected chi connectivity index (χ4v) is 2.67. The standard InChI is InChI=1S/C12H19NO4/c1-2-17-11(16)13-7-3-6-12(13,10(14)15)8-9-4-5-9/h9H,2-8H2,1H3,(H,14,15). The molecule has 1 saturated carbocycles. The van der Waals surface area contributed by atoms with Crippen molar-refractivity contribution in [3.8, 4) is 0 Å². The lowest BCUT2D eigenvalue weighted by atomic mass is 9.90. The third-order valence-electron chi connectivity index (χ3n) is 3.70. The third-order valence-corrected chi connectivity index (χ3v) is 3.70. The van der Waals surface area contributed by atoms with Gasteiger partial charge in [0.2, 0.25) is 0 Å². The van der Waals surface area contributed by atoms with Gasteiger partial charge in [-0.05, 0) is 32.1 Å². The van der Waals surface area contributed by atoms with Crippen molar-refractivity contribution in [1.29, 1.82) is 0 Å². The molecule has 0 spiro atoms. The maximum Gasteiger partial charge on any atom is 0.410 e. The van der Waals surface area contributed by atoms with Crippen molar-refractivity contribution in [2.75, 3.05) is 13.2 Å². The predicted octanol–water partition coefficient (Wildman–Crippen LogP) is 1.86. The van der Waals surface area contributed by atoms with Crippen LogP contribution in [-0.2, 0) is 9.53 Å². The van der Waals surface area contributed by atoms with E-state index in [1.54, 1.807) is 6.92 Å². The summed E-state index contributed by atoms with van der Waals surface area (Å²) in [5.74, 6) is -0.406. The number of carbonyl (C=O) groups is 2. The van der Waals surface area contributed by atoms with Crippen molar-refractivity contribution in [1.82, 2.24) is 4.90 Å². The summed E-state index contributed by atoms with van der Waals surface area (Å²) in [5.41, 5.74) is -1.01. The average molecular weight is 241 g/mol. The molecule has 1 aliphatic heterocycles. The van der Waals surface area contributed by atoms with Gasteiger partial charge in [0.05, 0.1) is 6.61 Å². The van der Waals surface area contributed by atoms with E-state index < -0.39 is 17.6 Å². The van der Waals surface area contributed by atoms with Crippen LogP contribution in [-0.4, -0.2) is 40.8 Å². The molecule has 2 rings (SSSR count). The van der Waals surface area contributed by atoms with Crippen molar-refractivity contribution in [2.24, 2.45) is 5.92 Å². The van der Waals surface area contributed by atoms with Crippen LogP contribution < -0.4 is 0 Å². The van der Waals surface area contributed by atoms with E-state index in [4.69, 9.17) is 4.74 Å². The molecule has 0 bridgehead atoms. The van der Waals surface area contributed by atoms with E-state index in [2.05, 4.69) is 0 Å². The molecule has 0 aromatic carbocycles. The Morgan fingerprint density at radius 2 is 2.18 bits per heavy atom. The van der Waals surface area contributed by atoms with E-state index in [1.807, 2.05) is 0 Å². The smallest absolute Gasteiger partial charge is 0.410 e. The van der Waals surface area contributed by atoms with Crippen LogP contribution in [0.25, 0.3) is 0 Å². The molecule has 0 aromatic rings. The molecule has 1 amide bonds. The van der Waals surface area contributed by atoms with Crippen LogP contribution in [0.15, 0.2) is 0 Å². The highest BCUT2D eigenvalue weighted by Crippen LogP contribution is 2.43. The third kappa shape index (κ3) is 2.23. The number of nitrogens with zero attached hydrogens (tertiary/aromatic N) is 1. The first kappa shape index (κ1) is 12.2. The van der Waals surface area contributed by atoms with Gasteiger partial charge in [-0.3, -0.25) is 4.90 Å². The summed E-state index contributed by atoms with van der Waals surface area (Å²) >= 11 is 0. The summed E-state index contributed by atoms with van der Waals surface area (Å²) in [5, 5.41) is 9.48. The Kier molecular flexibility index (Phi) is 3.26. The second kappa shape index (κ2) is 4.55. The largest absolute Gasteiger partial charge is 0.479 e. The first-order valence-corrected chi connectivity index (χ1v) is 6.28. The van der Waals surface area contributed by atoms with E-state index in [9.17, 15) is 14.7 Å². The lowest BCUT2D eigenvalue weighted by Crippen LogP contribution is -2.53. The van der Waals surface area contributed by atoms with Gasteiger partial charge in [-0.1, -0.05) is 12.8 Å². The fourth-order valence-electron chi connectivity index (χ4n) is 2.67. The molecule has 0 aromatic heterocycles. The van der Waals surface area contributed by atoms with Crippen molar-refractivity contribution in [3.63, 3.8) is 0 Å². The Bertz CT molecular complexity index is 326. The van der Waals surface area contributed by atoms with Crippen LogP contribution in [0.3, 0.4) is 0 Å². The molecule has 1 saturated heterocycles. The first-order chi connectivity index (χ1) is 8.10. The zero-order chi connectivity index (χ0) is 12.5. The molecule has 17 heavy (non-hydrogen) atoms. The zero-order valence-electron chi connectivity index (χ0n) is 10.1. The van der Waals surface area contributed by atoms with E-state index in [0.29, 0.717) is 25.3 Å². The van der Waals surface area contributed by atoms with Gasteiger partial charge in [0, 0.05) is 6.54 Å². The molecular formula is C12H19NO4. The van der Waals surface area contributed by atoms with Crippen LogP contribution in [0.5, 0.6) is 0 Å². The maximum absolute atomic E-state index is 11.8.